The molecule has 2 aromatic heterocycles. The van der Waals surface area contributed by atoms with E-state index in [1.807, 2.05) is 24.3 Å². The van der Waals surface area contributed by atoms with Crippen molar-refractivity contribution in [3.63, 3.8) is 0 Å². The Kier molecular flexibility index (Phi) is 5.12. The topological polar surface area (TPSA) is 33.2 Å². The summed E-state index contributed by atoms with van der Waals surface area (Å²) in [6.07, 6.45) is 1.07. The van der Waals surface area contributed by atoms with Crippen molar-refractivity contribution in [1.82, 2.24) is 14.5 Å². The molecular formula is C28H26ClN3O. The molecule has 5 heteroatoms. The van der Waals surface area contributed by atoms with E-state index >= 15 is 0 Å². The molecule has 3 heterocycles. The molecule has 1 aliphatic rings. The Morgan fingerprint density at radius 2 is 1.70 bits per heavy atom. The Balaban J connectivity index is 1.31. The summed E-state index contributed by atoms with van der Waals surface area (Å²) in [6.45, 7) is 3.41. The number of hydrogen-bond acceptors (Lipinski definition) is 2. The molecule has 0 aliphatic carbocycles. The fourth-order valence-corrected chi connectivity index (χ4v) is 5.30. The van der Waals surface area contributed by atoms with Crippen molar-refractivity contribution in [2.24, 2.45) is 7.05 Å². The van der Waals surface area contributed by atoms with E-state index < -0.39 is 0 Å². The van der Waals surface area contributed by atoms with Gasteiger partial charge in [0.1, 0.15) is 12.4 Å². The van der Waals surface area contributed by atoms with Crippen molar-refractivity contribution in [3.8, 4) is 5.75 Å². The second-order valence-corrected chi connectivity index (χ2v) is 9.27. The first kappa shape index (κ1) is 20.4. The van der Waals surface area contributed by atoms with E-state index in [2.05, 4.69) is 70.0 Å². The number of nitrogens with one attached hydrogen (secondary N) is 1. The maximum Gasteiger partial charge on any atom is 0.129 e. The van der Waals surface area contributed by atoms with E-state index in [1.54, 1.807) is 0 Å². The molecule has 6 rings (SSSR count). The smallest absolute Gasteiger partial charge is 0.129 e. The zero-order valence-electron chi connectivity index (χ0n) is 18.6. The molecule has 0 fully saturated rings. The minimum Gasteiger partial charge on any atom is -0.487 e. The van der Waals surface area contributed by atoms with Crippen LogP contribution in [0.1, 0.15) is 22.5 Å². The summed E-state index contributed by atoms with van der Waals surface area (Å²) < 4.78 is 8.46. The molecule has 0 radical (unpaired) electrons. The highest BCUT2D eigenvalue weighted by Crippen LogP contribution is 2.32. The van der Waals surface area contributed by atoms with Crippen LogP contribution in [0.4, 0.5) is 0 Å². The van der Waals surface area contributed by atoms with E-state index in [0.29, 0.717) is 11.6 Å². The normalized spacial score (nSPS) is 14.1. The van der Waals surface area contributed by atoms with Gasteiger partial charge in [-0.25, -0.2) is 0 Å². The van der Waals surface area contributed by atoms with Crippen LogP contribution in [0.25, 0.3) is 21.8 Å². The van der Waals surface area contributed by atoms with Gasteiger partial charge in [0.25, 0.3) is 0 Å². The molecule has 5 aromatic rings. The van der Waals surface area contributed by atoms with Crippen molar-refractivity contribution in [2.75, 3.05) is 6.54 Å². The largest absolute Gasteiger partial charge is 0.487 e. The fraction of sp³-hybridized carbons (Fsp3) is 0.214. The average Bonchev–Trinajstić information content (AvgIpc) is 3.34. The summed E-state index contributed by atoms with van der Waals surface area (Å²) in [5.74, 6) is 0.830. The Morgan fingerprint density at radius 1 is 0.939 bits per heavy atom. The molecule has 33 heavy (non-hydrogen) atoms. The number of hydrogen-bond donors (Lipinski definition) is 1. The van der Waals surface area contributed by atoms with Gasteiger partial charge in [-0.15, -0.1) is 0 Å². The fourth-order valence-electron chi connectivity index (χ4n) is 5.17. The number of nitrogens with zero attached hydrogens (tertiary/aromatic N) is 2. The molecule has 0 unspecified atom stereocenters. The van der Waals surface area contributed by atoms with Crippen molar-refractivity contribution < 1.29 is 4.74 Å². The number of H-pyrrole nitrogens is 1. The molecule has 0 spiro atoms. The number of rotatable bonds is 5. The lowest BCUT2D eigenvalue weighted by atomic mass is 10.0. The van der Waals surface area contributed by atoms with Gasteiger partial charge in [0, 0.05) is 59.2 Å². The van der Waals surface area contributed by atoms with Gasteiger partial charge in [0.05, 0.1) is 5.69 Å². The number of benzene rings is 3. The number of aromatic nitrogens is 2. The molecule has 0 atom stereocenters. The van der Waals surface area contributed by atoms with Crippen LogP contribution in [-0.2, 0) is 33.2 Å². The maximum atomic E-state index is 6.18. The lowest BCUT2D eigenvalue weighted by Crippen LogP contribution is -2.30. The molecule has 1 N–H and O–H groups in total. The molecule has 0 saturated heterocycles. The second-order valence-electron chi connectivity index (χ2n) is 8.83. The summed E-state index contributed by atoms with van der Waals surface area (Å²) in [4.78, 5) is 6.20. The molecule has 0 bridgehead atoms. The average molecular weight is 456 g/mol. The van der Waals surface area contributed by atoms with Crippen LogP contribution >= 0.6 is 11.6 Å². The number of fused-ring (bicyclic) bond motifs is 4. The molecule has 3 aromatic carbocycles. The van der Waals surface area contributed by atoms with Crippen LogP contribution in [0.2, 0.25) is 5.02 Å². The van der Waals surface area contributed by atoms with Gasteiger partial charge in [0.2, 0.25) is 0 Å². The van der Waals surface area contributed by atoms with Crippen molar-refractivity contribution in [1.29, 1.82) is 0 Å². The summed E-state index contributed by atoms with van der Waals surface area (Å²) in [5, 5.41) is 3.39. The minimum atomic E-state index is 0.521. The molecular weight excluding hydrogens is 430 g/mol. The SMILES string of the molecule is Cn1c(COc2ccc(Cl)cc2)c(CN2CCc3c([nH]c4ccccc34)C2)c2ccccc21. The van der Waals surface area contributed by atoms with Gasteiger partial charge in [-0.05, 0) is 53.9 Å². The number of para-hydroxylation sites is 2. The third-order valence-corrected chi connectivity index (χ3v) is 7.13. The van der Waals surface area contributed by atoms with Crippen molar-refractivity contribution in [3.05, 3.63) is 100 Å². The van der Waals surface area contributed by atoms with Crippen LogP contribution in [0.3, 0.4) is 0 Å². The predicted octanol–water partition coefficient (Wildman–Crippen LogP) is 6.45. The monoisotopic (exact) mass is 455 g/mol. The van der Waals surface area contributed by atoms with Gasteiger partial charge in [0.15, 0.2) is 0 Å². The molecule has 0 amide bonds. The lowest BCUT2D eigenvalue weighted by molar-refractivity contribution is 0.239. The lowest BCUT2D eigenvalue weighted by Gasteiger charge is -2.27. The first-order valence-electron chi connectivity index (χ1n) is 11.4. The van der Waals surface area contributed by atoms with Crippen molar-refractivity contribution in [2.45, 2.75) is 26.1 Å². The van der Waals surface area contributed by atoms with E-state index in [-0.39, 0.29) is 0 Å². The maximum absolute atomic E-state index is 6.18. The number of aromatic amines is 1. The summed E-state index contributed by atoms with van der Waals surface area (Å²) in [6, 6.07) is 24.9. The third kappa shape index (κ3) is 3.69. The highest BCUT2D eigenvalue weighted by atomic mass is 35.5. The Hall–Kier alpha value is -3.21. The predicted molar refractivity (Wildman–Crippen MR) is 135 cm³/mol. The first-order valence-corrected chi connectivity index (χ1v) is 11.8. The summed E-state index contributed by atoms with van der Waals surface area (Å²) >= 11 is 6.04. The van der Waals surface area contributed by atoms with Gasteiger partial charge >= 0.3 is 0 Å². The summed E-state index contributed by atoms with van der Waals surface area (Å²) in [7, 11) is 2.14. The van der Waals surface area contributed by atoms with Gasteiger partial charge < -0.3 is 14.3 Å². The van der Waals surface area contributed by atoms with Gasteiger partial charge in [-0.3, -0.25) is 4.90 Å². The zero-order valence-corrected chi connectivity index (χ0v) is 19.4. The Bertz CT molecular complexity index is 1450. The van der Waals surface area contributed by atoms with Gasteiger partial charge in [-0.1, -0.05) is 48.0 Å². The van der Waals surface area contributed by atoms with E-state index in [9.17, 15) is 0 Å². The number of aryl methyl sites for hydroxylation is 1. The van der Waals surface area contributed by atoms with Crippen LogP contribution in [0, 0.1) is 0 Å². The molecule has 4 nitrogen and oxygen atoms in total. The quantitative estimate of drug-likeness (QED) is 0.330. The highest BCUT2D eigenvalue weighted by Gasteiger charge is 2.23. The first-order chi connectivity index (χ1) is 16.2. The second kappa shape index (κ2) is 8.29. The Morgan fingerprint density at radius 3 is 2.55 bits per heavy atom. The summed E-state index contributed by atoms with van der Waals surface area (Å²) in [5.41, 5.74) is 7.88. The number of halogens is 1. The van der Waals surface area contributed by atoms with Gasteiger partial charge in [-0.2, -0.15) is 0 Å². The number of ether oxygens (including phenoxy) is 1. The van der Waals surface area contributed by atoms with Crippen LogP contribution < -0.4 is 4.74 Å². The zero-order chi connectivity index (χ0) is 22.4. The standard InChI is InChI=1S/C28H26ClN3O/c1-31-27-9-5-3-7-23(27)24(28(31)18-33-20-12-10-19(29)11-13-20)16-32-15-14-22-21-6-2-4-8-25(21)30-26(22)17-32/h2-13,30H,14-18H2,1H3. The van der Waals surface area contributed by atoms with Crippen molar-refractivity contribution >= 4 is 33.4 Å². The van der Waals surface area contributed by atoms with Crippen LogP contribution in [0.5, 0.6) is 5.75 Å². The molecule has 1 aliphatic heterocycles. The molecule has 166 valence electrons. The van der Waals surface area contributed by atoms with Crippen LogP contribution in [-0.4, -0.2) is 21.0 Å². The van der Waals surface area contributed by atoms with E-state index in [0.717, 1.165) is 31.8 Å². The van der Waals surface area contributed by atoms with E-state index in [1.165, 1.54) is 44.3 Å². The third-order valence-electron chi connectivity index (χ3n) is 6.88. The molecule has 0 saturated carbocycles. The Labute approximate surface area is 198 Å². The van der Waals surface area contributed by atoms with E-state index in [4.69, 9.17) is 16.3 Å². The minimum absolute atomic E-state index is 0.521. The highest BCUT2D eigenvalue weighted by molar-refractivity contribution is 6.30. The van der Waals surface area contributed by atoms with Crippen LogP contribution in [0.15, 0.2) is 72.8 Å².